The van der Waals surface area contributed by atoms with E-state index in [1.165, 1.54) is 7.11 Å². The van der Waals surface area contributed by atoms with E-state index in [2.05, 4.69) is 0 Å². The first-order valence-electron chi connectivity index (χ1n) is 5.66. The van der Waals surface area contributed by atoms with Crippen molar-refractivity contribution in [1.29, 1.82) is 0 Å². The summed E-state index contributed by atoms with van der Waals surface area (Å²) in [5, 5.41) is 1.86. The van der Waals surface area contributed by atoms with Gasteiger partial charge in [-0.05, 0) is 18.2 Å². The first-order valence-corrected chi connectivity index (χ1v) is 5.66. The van der Waals surface area contributed by atoms with Gasteiger partial charge in [-0.2, -0.15) is 13.2 Å². The molecule has 0 bridgehead atoms. The van der Waals surface area contributed by atoms with E-state index >= 15 is 0 Å². The predicted molar refractivity (Wildman–Crippen MR) is 63.6 cm³/mol. The van der Waals surface area contributed by atoms with E-state index in [1.54, 1.807) is 0 Å². The SMILES string of the molecule is COc1ccc(C(F)(F)F)cc1N1C(=O)CC(=O)NC1=O. The van der Waals surface area contributed by atoms with Gasteiger partial charge in [0.15, 0.2) is 0 Å². The Bertz CT molecular complexity index is 607. The molecular weight excluding hydrogens is 293 g/mol. The van der Waals surface area contributed by atoms with Crippen LogP contribution in [0.1, 0.15) is 12.0 Å². The average Bonchev–Trinajstić information content (AvgIpc) is 2.36. The maximum atomic E-state index is 12.7. The number of halogens is 3. The first kappa shape index (κ1) is 14.8. The summed E-state index contributed by atoms with van der Waals surface area (Å²) >= 11 is 0. The van der Waals surface area contributed by atoms with Crippen molar-refractivity contribution in [3.05, 3.63) is 23.8 Å². The van der Waals surface area contributed by atoms with Gasteiger partial charge in [0, 0.05) is 0 Å². The van der Waals surface area contributed by atoms with Crippen molar-refractivity contribution in [2.75, 3.05) is 12.0 Å². The smallest absolute Gasteiger partial charge is 0.416 e. The van der Waals surface area contributed by atoms with Crippen LogP contribution in [0.3, 0.4) is 0 Å². The van der Waals surface area contributed by atoms with Crippen molar-refractivity contribution in [3.8, 4) is 5.75 Å². The second kappa shape index (κ2) is 5.08. The Labute approximate surface area is 116 Å². The summed E-state index contributed by atoms with van der Waals surface area (Å²) < 4.78 is 43.0. The van der Waals surface area contributed by atoms with Crippen LogP contribution in [-0.2, 0) is 15.8 Å². The van der Waals surface area contributed by atoms with Crippen molar-refractivity contribution < 1.29 is 32.3 Å². The number of hydrogen-bond donors (Lipinski definition) is 1. The molecule has 1 aromatic rings. The lowest BCUT2D eigenvalue weighted by Gasteiger charge is -2.26. The van der Waals surface area contributed by atoms with Gasteiger partial charge in [-0.1, -0.05) is 0 Å². The molecule has 1 aliphatic heterocycles. The normalized spacial score (nSPS) is 16.0. The van der Waals surface area contributed by atoms with Gasteiger partial charge < -0.3 is 4.74 Å². The van der Waals surface area contributed by atoms with Crippen LogP contribution in [0.5, 0.6) is 5.75 Å². The van der Waals surface area contributed by atoms with Crippen LogP contribution in [0, 0.1) is 0 Å². The number of nitrogens with one attached hydrogen (secondary N) is 1. The number of amides is 4. The molecule has 0 saturated carbocycles. The molecule has 1 aromatic carbocycles. The number of ether oxygens (including phenoxy) is 1. The van der Waals surface area contributed by atoms with Crippen LogP contribution < -0.4 is 15.0 Å². The Hall–Kier alpha value is -2.58. The summed E-state index contributed by atoms with van der Waals surface area (Å²) in [5.74, 6) is -1.84. The standard InChI is InChI=1S/C12H9F3N2O4/c1-21-8-3-2-6(12(13,14)15)4-7(8)17-10(19)5-9(18)16-11(17)20/h2-4H,5H2,1H3,(H,16,18,20). The minimum atomic E-state index is -4.65. The van der Waals surface area contributed by atoms with E-state index < -0.39 is 36.0 Å². The molecule has 2 rings (SSSR count). The van der Waals surface area contributed by atoms with Crippen LogP contribution in [0.25, 0.3) is 0 Å². The van der Waals surface area contributed by atoms with Crippen LogP contribution in [-0.4, -0.2) is 25.0 Å². The third kappa shape index (κ3) is 2.81. The lowest BCUT2D eigenvalue weighted by Crippen LogP contribution is -2.53. The number of rotatable bonds is 2. The predicted octanol–water partition coefficient (Wildman–Crippen LogP) is 1.69. The van der Waals surface area contributed by atoms with E-state index in [0.29, 0.717) is 11.0 Å². The molecule has 21 heavy (non-hydrogen) atoms. The fraction of sp³-hybridized carbons (Fsp3) is 0.250. The Morgan fingerprint density at radius 3 is 2.43 bits per heavy atom. The fourth-order valence-corrected chi connectivity index (χ4v) is 1.83. The number of methoxy groups -OCH3 is 1. The zero-order valence-corrected chi connectivity index (χ0v) is 10.7. The van der Waals surface area contributed by atoms with Crippen LogP contribution in [0.15, 0.2) is 18.2 Å². The largest absolute Gasteiger partial charge is 0.495 e. The van der Waals surface area contributed by atoms with Gasteiger partial charge in [-0.15, -0.1) is 0 Å². The monoisotopic (exact) mass is 302 g/mol. The van der Waals surface area contributed by atoms with Gasteiger partial charge in [-0.3, -0.25) is 14.9 Å². The zero-order valence-electron chi connectivity index (χ0n) is 10.7. The molecule has 1 N–H and O–H groups in total. The number of imide groups is 2. The molecule has 0 unspecified atom stereocenters. The molecule has 1 saturated heterocycles. The van der Waals surface area contributed by atoms with Crippen molar-refractivity contribution in [1.82, 2.24) is 5.32 Å². The number of benzene rings is 1. The second-order valence-corrected chi connectivity index (χ2v) is 4.14. The third-order valence-electron chi connectivity index (χ3n) is 2.76. The summed E-state index contributed by atoms with van der Waals surface area (Å²) in [6.45, 7) is 0. The highest BCUT2D eigenvalue weighted by Gasteiger charge is 2.37. The minimum absolute atomic E-state index is 0.0964. The number of hydrogen-bond acceptors (Lipinski definition) is 4. The quantitative estimate of drug-likeness (QED) is 0.843. The van der Waals surface area contributed by atoms with Gasteiger partial charge in [0.05, 0.1) is 18.4 Å². The van der Waals surface area contributed by atoms with Gasteiger partial charge in [0.25, 0.3) is 0 Å². The lowest BCUT2D eigenvalue weighted by atomic mass is 10.1. The van der Waals surface area contributed by atoms with Gasteiger partial charge in [0.1, 0.15) is 12.2 Å². The Kier molecular flexibility index (Phi) is 3.58. The summed E-state index contributed by atoms with van der Waals surface area (Å²) in [4.78, 5) is 34.9. The maximum absolute atomic E-state index is 12.7. The molecule has 0 aromatic heterocycles. The number of carbonyl (C=O) groups is 3. The Morgan fingerprint density at radius 2 is 1.90 bits per heavy atom. The minimum Gasteiger partial charge on any atom is -0.495 e. The number of nitrogens with zero attached hydrogens (tertiary/aromatic N) is 1. The van der Waals surface area contributed by atoms with E-state index in [9.17, 15) is 27.6 Å². The molecular formula is C12H9F3N2O4. The highest BCUT2D eigenvalue weighted by molar-refractivity contribution is 6.26. The maximum Gasteiger partial charge on any atom is 0.416 e. The molecule has 0 spiro atoms. The van der Waals surface area contributed by atoms with E-state index in [0.717, 1.165) is 12.1 Å². The first-order chi connectivity index (χ1) is 9.74. The van der Waals surface area contributed by atoms with E-state index in [-0.39, 0.29) is 11.4 Å². The molecule has 1 heterocycles. The molecule has 0 radical (unpaired) electrons. The summed E-state index contributed by atoms with van der Waals surface area (Å²) in [6, 6.07) is 1.26. The number of alkyl halides is 3. The van der Waals surface area contributed by atoms with E-state index in [4.69, 9.17) is 4.74 Å². The van der Waals surface area contributed by atoms with Crippen LogP contribution in [0.4, 0.5) is 23.7 Å². The number of carbonyl (C=O) groups excluding carboxylic acids is 3. The molecule has 4 amide bonds. The highest BCUT2D eigenvalue weighted by Crippen LogP contribution is 2.37. The fourth-order valence-electron chi connectivity index (χ4n) is 1.83. The van der Waals surface area contributed by atoms with Gasteiger partial charge >= 0.3 is 12.2 Å². The molecule has 6 nitrogen and oxygen atoms in total. The molecule has 0 aliphatic carbocycles. The average molecular weight is 302 g/mol. The number of anilines is 1. The topological polar surface area (TPSA) is 75.7 Å². The summed E-state index contributed by atoms with van der Waals surface area (Å²) in [7, 11) is 1.18. The lowest BCUT2D eigenvalue weighted by molar-refractivity contribution is -0.137. The van der Waals surface area contributed by atoms with Crippen LogP contribution >= 0.6 is 0 Å². The molecule has 1 fully saturated rings. The summed E-state index contributed by atoms with van der Waals surface area (Å²) in [6.07, 6.45) is -5.28. The van der Waals surface area contributed by atoms with Gasteiger partial charge in [0.2, 0.25) is 11.8 Å². The van der Waals surface area contributed by atoms with E-state index in [1.807, 2.05) is 5.32 Å². The second-order valence-electron chi connectivity index (χ2n) is 4.14. The number of barbiturate groups is 1. The van der Waals surface area contributed by atoms with Crippen molar-refractivity contribution in [2.24, 2.45) is 0 Å². The molecule has 9 heteroatoms. The van der Waals surface area contributed by atoms with Crippen molar-refractivity contribution >= 4 is 23.5 Å². The number of urea groups is 1. The molecule has 0 atom stereocenters. The Morgan fingerprint density at radius 1 is 1.24 bits per heavy atom. The highest BCUT2D eigenvalue weighted by atomic mass is 19.4. The van der Waals surface area contributed by atoms with Crippen molar-refractivity contribution in [2.45, 2.75) is 12.6 Å². The Balaban J connectivity index is 2.53. The third-order valence-corrected chi connectivity index (χ3v) is 2.76. The van der Waals surface area contributed by atoms with Gasteiger partial charge in [-0.25, -0.2) is 9.69 Å². The van der Waals surface area contributed by atoms with Crippen molar-refractivity contribution in [3.63, 3.8) is 0 Å². The zero-order chi connectivity index (χ0) is 15.8. The summed E-state index contributed by atoms with van der Waals surface area (Å²) in [5.41, 5.74) is -1.42. The molecule has 112 valence electrons. The molecule has 1 aliphatic rings. The van der Waals surface area contributed by atoms with Crippen LogP contribution in [0.2, 0.25) is 0 Å².